The van der Waals surface area contributed by atoms with Gasteiger partial charge in [-0.25, -0.2) is 0 Å². The van der Waals surface area contributed by atoms with Crippen LogP contribution in [-0.4, -0.2) is 70.6 Å². The number of hydrogen-bond donors (Lipinski definition) is 1. The maximum atomic E-state index is 12.5. The quantitative estimate of drug-likeness (QED) is 0.773. The van der Waals surface area contributed by atoms with E-state index >= 15 is 0 Å². The minimum atomic E-state index is -1.07. The Labute approximate surface area is 119 Å². The molecule has 3 fully saturated rings. The van der Waals surface area contributed by atoms with Gasteiger partial charge in [0.25, 0.3) is 5.91 Å². The van der Waals surface area contributed by atoms with E-state index in [1.807, 2.05) is 4.90 Å². The summed E-state index contributed by atoms with van der Waals surface area (Å²) in [6.07, 6.45) is 4.16. The first kappa shape index (κ1) is 13.7. The molecule has 1 amide bonds. The highest BCUT2D eigenvalue weighted by atomic mass is 32.2. The topological polar surface area (TPSA) is 43.8 Å². The predicted octanol–water partition coefficient (Wildman–Crippen LogP) is 0.797. The Morgan fingerprint density at radius 2 is 2.21 bits per heavy atom. The molecule has 5 heteroatoms. The Balaban J connectivity index is 1.66. The Morgan fingerprint density at radius 1 is 1.37 bits per heavy atom. The smallest absolute Gasteiger partial charge is 0.255 e. The van der Waals surface area contributed by atoms with Gasteiger partial charge in [-0.3, -0.25) is 4.79 Å². The highest BCUT2D eigenvalue weighted by molar-refractivity contribution is 7.99. The number of fused-ring (bicyclic) bond motifs is 1. The molecule has 0 radical (unpaired) electrons. The third kappa shape index (κ3) is 2.52. The molecule has 0 aromatic heterocycles. The van der Waals surface area contributed by atoms with E-state index in [1.165, 1.54) is 19.4 Å². The molecule has 3 aliphatic heterocycles. The van der Waals surface area contributed by atoms with Crippen molar-refractivity contribution in [3.05, 3.63) is 0 Å². The van der Waals surface area contributed by atoms with Crippen LogP contribution in [-0.2, 0) is 4.79 Å². The van der Waals surface area contributed by atoms with Crippen LogP contribution in [0.4, 0.5) is 0 Å². The highest BCUT2D eigenvalue weighted by Crippen LogP contribution is 2.34. The van der Waals surface area contributed by atoms with Crippen molar-refractivity contribution in [1.82, 2.24) is 9.80 Å². The molecule has 0 bridgehead atoms. The zero-order valence-electron chi connectivity index (χ0n) is 11.7. The maximum Gasteiger partial charge on any atom is 0.255 e. The number of aliphatic hydroxyl groups is 1. The summed E-state index contributed by atoms with van der Waals surface area (Å²) >= 11 is 1.69. The molecular formula is C14H24N2O2S. The number of likely N-dealkylation sites (tertiary alicyclic amines) is 2. The van der Waals surface area contributed by atoms with E-state index in [2.05, 4.69) is 11.9 Å². The Bertz CT molecular complexity index is 357. The number of carbonyl (C=O) groups is 1. The van der Waals surface area contributed by atoms with E-state index < -0.39 is 5.60 Å². The maximum absolute atomic E-state index is 12.5. The number of hydrogen-bond acceptors (Lipinski definition) is 4. The van der Waals surface area contributed by atoms with Gasteiger partial charge in [0.2, 0.25) is 0 Å². The molecule has 3 rings (SSSR count). The zero-order valence-corrected chi connectivity index (χ0v) is 12.5. The number of carbonyl (C=O) groups excluding carboxylic acids is 1. The van der Waals surface area contributed by atoms with E-state index in [9.17, 15) is 9.90 Å². The molecule has 108 valence electrons. The van der Waals surface area contributed by atoms with Gasteiger partial charge < -0.3 is 14.9 Å². The van der Waals surface area contributed by atoms with Crippen LogP contribution in [0.2, 0.25) is 0 Å². The van der Waals surface area contributed by atoms with Crippen molar-refractivity contribution in [2.24, 2.45) is 5.92 Å². The fraction of sp³-hybridized carbons (Fsp3) is 0.929. The number of piperidine rings is 2. The molecule has 3 atom stereocenters. The van der Waals surface area contributed by atoms with Gasteiger partial charge in [0, 0.05) is 24.9 Å². The second-order valence-electron chi connectivity index (χ2n) is 6.32. The fourth-order valence-corrected chi connectivity index (χ4v) is 5.09. The van der Waals surface area contributed by atoms with Crippen molar-refractivity contribution in [3.63, 3.8) is 0 Å². The van der Waals surface area contributed by atoms with Crippen molar-refractivity contribution in [2.75, 3.05) is 38.2 Å². The molecule has 0 aromatic rings. The molecule has 3 aliphatic rings. The number of thioether (sulfide) groups is 1. The highest BCUT2D eigenvalue weighted by Gasteiger charge is 2.45. The summed E-state index contributed by atoms with van der Waals surface area (Å²) in [5.41, 5.74) is -1.07. The Hall–Kier alpha value is -0.260. The molecule has 4 nitrogen and oxygen atoms in total. The molecule has 0 aliphatic carbocycles. The summed E-state index contributed by atoms with van der Waals surface area (Å²) in [4.78, 5) is 16.9. The number of rotatable bonds is 1. The zero-order chi connectivity index (χ0) is 13.5. The van der Waals surface area contributed by atoms with Crippen LogP contribution < -0.4 is 0 Å². The van der Waals surface area contributed by atoms with Crippen molar-refractivity contribution in [3.8, 4) is 0 Å². The molecular weight excluding hydrogens is 260 g/mol. The van der Waals surface area contributed by atoms with Gasteiger partial charge in [-0.1, -0.05) is 0 Å². The van der Waals surface area contributed by atoms with E-state index in [-0.39, 0.29) is 5.91 Å². The minimum Gasteiger partial charge on any atom is -0.379 e. The monoisotopic (exact) mass is 284 g/mol. The van der Waals surface area contributed by atoms with Crippen LogP contribution in [0.3, 0.4) is 0 Å². The molecule has 0 aromatic carbocycles. The van der Waals surface area contributed by atoms with Crippen LogP contribution in [0.1, 0.15) is 25.7 Å². The van der Waals surface area contributed by atoms with Crippen molar-refractivity contribution >= 4 is 17.7 Å². The molecule has 19 heavy (non-hydrogen) atoms. The van der Waals surface area contributed by atoms with Gasteiger partial charge >= 0.3 is 0 Å². The molecule has 3 unspecified atom stereocenters. The van der Waals surface area contributed by atoms with Crippen LogP contribution in [0.15, 0.2) is 0 Å². The average Bonchev–Trinajstić information content (AvgIpc) is 2.86. The second kappa shape index (κ2) is 5.26. The first-order chi connectivity index (χ1) is 9.10. The summed E-state index contributed by atoms with van der Waals surface area (Å²) in [6.45, 7) is 2.85. The standard InChI is InChI=1S/C14H24N2O2S/c1-15-6-2-3-11-9-16(7-4-12(11)15)13(17)14(18)5-8-19-10-14/h11-12,18H,2-10H2,1H3. The Morgan fingerprint density at radius 3 is 2.95 bits per heavy atom. The summed E-state index contributed by atoms with van der Waals surface area (Å²) in [6, 6.07) is 0.644. The number of nitrogens with zero attached hydrogens (tertiary/aromatic N) is 2. The van der Waals surface area contributed by atoms with Crippen LogP contribution in [0, 0.1) is 5.92 Å². The molecule has 0 spiro atoms. The minimum absolute atomic E-state index is 0.0100. The van der Waals surface area contributed by atoms with Crippen LogP contribution in [0.25, 0.3) is 0 Å². The lowest BCUT2D eigenvalue weighted by Gasteiger charge is -2.47. The predicted molar refractivity (Wildman–Crippen MR) is 77.2 cm³/mol. The lowest BCUT2D eigenvalue weighted by Crippen LogP contribution is -2.58. The average molecular weight is 284 g/mol. The molecule has 3 saturated heterocycles. The van der Waals surface area contributed by atoms with E-state index in [0.717, 1.165) is 25.3 Å². The third-order valence-electron chi connectivity index (χ3n) is 5.03. The summed E-state index contributed by atoms with van der Waals surface area (Å²) in [7, 11) is 2.20. The lowest BCUT2D eigenvalue weighted by molar-refractivity contribution is -0.152. The lowest BCUT2D eigenvalue weighted by atomic mass is 9.83. The summed E-state index contributed by atoms with van der Waals surface area (Å²) < 4.78 is 0. The third-order valence-corrected chi connectivity index (χ3v) is 6.21. The summed E-state index contributed by atoms with van der Waals surface area (Å²) in [5.74, 6) is 2.08. The van der Waals surface area contributed by atoms with Crippen molar-refractivity contribution in [1.29, 1.82) is 0 Å². The van der Waals surface area contributed by atoms with Gasteiger partial charge in [0.1, 0.15) is 0 Å². The largest absolute Gasteiger partial charge is 0.379 e. The second-order valence-corrected chi connectivity index (χ2v) is 7.43. The number of amides is 1. The van der Waals surface area contributed by atoms with Crippen LogP contribution >= 0.6 is 11.8 Å². The molecule has 1 N–H and O–H groups in total. The van der Waals surface area contributed by atoms with Gasteiger partial charge in [-0.2, -0.15) is 11.8 Å². The molecule has 3 heterocycles. The van der Waals surface area contributed by atoms with Gasteiger partial charge in [-0.15, -0.1) is 0 Å². The van der Waals surface area contributed by atoms with Crippen LogP contribution in [0.5, 0.6) is 0 Å². The SMILES string of the molecule is CN1CCCC2CN(C(=O)C3(O)CCSC3)CCC21. The fourth-order valence-electron chi connectivity index (χ4n) is 3.85. The first-order valence-corrected chi connectivity index (χ1v) is 8.55. The van der Waals surface area contributed by atoms with E-state index in [4.69, 9.17) is 0 Å². The van der Waals surface area contributed by atoms with Crippen molar-refractivity contribution in [2.45, 2.75) is 37.3 Å². The first-order valence-electron chi connectivity index (χ1n) is 7.40. The van der Waals surface area contributed by atoms with Gasteiger partial charge in [0.15, 0.2) is 5.60 Å². The Kier molecular flexibility index (Phi) is 3.80. The molecule has 0 saturated carbocycles. The van der Waals surface area contributed by atoms with E-state index in [0.29, 0.717) is 24.1 Å². The normalized spacial score (nSPS) is 40.2. The van der Waals surface area contributed by atoms with Gasteiger partial charge in [0.05, 0.1) is 0 Å². The van der Waals surface area contributed by atoms with Gasteiger partial charge in [-0.05, 0) is 50.9 Å². The summed E-state index contributed by atoms with van der Waals surface area (Å²) in [5, 5.41) is 10.4. The van der Waals surface area contributed by atoms with E-state index in [1.54, 1.807) is 11.8 Å². The van der Waals surface area contributed by atoms with Crippen molar-refractivity contribution < 1.29 is 9.90 Å².